The van der Waals surface area contributed by atoms with Crippen LogP contribution in [0.5, 0.6) is 0 Å². The summed E-state index contributed by atoms with van der Waals surface area (Å²) >= 11 is 0. The van der Waals surface area contributed by atoms with E-state index in [0.29, 0.717) is 25.6 Å². The Labute approximate surface area is 161 Å². The van der Waals surface area contributed by atoms with E-state index in [4.69, 9.17) is 9.47 Å². The van der Waals surface area contributed by atoms with E-state index in [1.807, 2.05) is 30.3 Å². The maximum atomic E-state index is 12.2. The molecule has 1 N–H and O–H groups in total. The molecule has 1 aliphatic rings. The molecule has 1 aromatic rings. The molecule has 27 heavy (non-hydrogen) atoms. The minimum atomic E-state index is -1.01. The number of ether oxygens (including phenoxy) is 2. The van der Waals surface area contributed by atoms with Gasteiger partial charge in [-0.05, 0) is 37.7 Å². The van der Waals surface area contributed by atoms with Gasteiger partial charge in [0, 0.05) is 13.1 Å². The van der Waals surface area contributed by atoms with Gasteiger partial charge in [-0.15, -0.1) is 0 Å². The first-order valence-corrected chi connectivity index (χ1v) is 9.90. The van der Waals surface area contributed by atoms with Gasteiger partial charge in [-0.3, -0.25) is 0 Å². The molecule has 0 radical (unpaired) electrons. The lowest BCUT2D eigenvalue weighted by molar-refractivity contribution is -0.153. The average Bonchev–Trinajstić information content (AvgIpc) is 2.70. The Bertz CT molecular complexity index is 569. The van der Waals surface area contributed by atoms with Gasteiger partial charge in [0.25, 0.3) is 0 Å². The van der Waals surface area contributed by atoms with E-state index in [-0.39, 0.29) is 6.09 Å². The number of piperidine rings is 1. The summed E-state index contributed by atoms with van der Waals surface area (Å²) in [6.45, 7) is 3.78. The maximum absolute atomic E-state index is 12.2. The van der Waals surface area contributed by atoms with Crippen LogP contribution in [-0.4, -0.2) is 47.9 Å². The van der Waals surface area contributed by atoms with Crippen LogP contribution in [0.25, 0.3) is 0 Å². The van der Waals surface area contributed by atoms with Crippen molar-refractivity contribution in [1.82, 2.24) is 4.90 Å². The molecule has 1 aromatic carbocycles. The van der Waals surface area contributed by atoms with E-state index in [0.717, 1.165) is 50.8 Å². The number of hydrogen-bond acceptors (Lipinski definition) is 5. The molecule has 1 aliphatic heterocycles. The molecule has 0 aromatic heterocycles. The van der Waals surface area contributed by atoms with Gasteiger partial charge in [-0.25, -0.2) is 9.59 Å². The number of aliphatic hydroxyl groups is 1. The van der Waals surface area contributed by atoms with Crippen molar-refractivity contribution >= 4 is 12.1 Å². The smallest absolute Gasteiger partial charge is 0.410 e. The molecule has 0 aliphatic carbocycles. The van der Waals surface area contributed by atoms with Crippen molar-refractivity contribution in [3.8, 4) is 0 Å². The fraction of sp³-hybridized carbons (Fsp3) is 0.619. The molecular formula is C21H31NO5. The summed E-state index contributed by atoms with van der Waals surface area (Å²) < 4.78 is 10.2. The summed E-state index contributed by atoms with van der Waals surface area (Å²) in [5.74, 6) is 0.0581. The van der Waals surface area contributed by atoms with Gasteiger partial charge < -0.3 is 19.5 Å². The highest BCUT2D eigenvalue weighted by molar-refractivity contribution is 5.74. The van der Waals surface area contributed by atoms with E-state index in [1.165, 1.54) is 0 Å². The molecule has 2 rings (SSSR count). The molecule has 1 saturated heterocycles. The number of rotatable bonds is 9. The molecule has 6 nitrogen and oxygen atoms in total. The second-order valence-electron chi connectivity index (χ2n) is 7.02. The lowest BCUT2D eigenvalue weighted by atomic mass is 9.91. The van der Waals surface area contributed by atoms with E-state index >= 15 is 0 Å². The summed E-state index contributed by atoms with van der Waals surface area (Å²) in [7, 11) is 0. The molecular weight excluding hydrogens is 346 g/mol. The van der Waals surface area contributed by atoms with Crippen molar-refractivity contribution in [2.24, 2.45) is 5.92 Å². The third-order valence-electron chi connectivity index (χ3n) is 4.98. The van der Waals surface area contributed by atoms with Gasteiger partial charge in [-0.1, -0.05) is 49.6 Å². The van der Waals surface area contributed by atoms with E-state index < -0.39 is 12.1 Å². The molecule has 0 spiro atoms. The van der Waals surface area contributed by atoms with Crippen molar-refractivity contribution in [2.75, 3.05) is 19.7 Å². The van der Waals surface area contributed by atoms with Gasteiger partial charge in [0.1, 0.15) is 6.61 Å². The number of hydrogen-bond donors (Lipinski definition) is 1. The van der Waals surface area contributed by atoms with E-state index in [9.17, 15) is 14.7 Å². The lowest BCUT2D eigenvalue weighted by Crippen LogP contribution is -2.38. The summed E-state index contributed by atoms with van der Waals surface area (Å²) in [6.07, 6.45) is 3.98. The van der Waals surface area contributed by atoms with Gasteiger partial charge >= 0.3 is 12.1 Å². The quantitative estimate of drug-likeness (QED) is 0.526. The normalized spacial score (nSPS) is 16.0. The minimum Gasteiger partial charge on any atom is -0.464 e. The Hall–Kier alpha value is -2.08. The van der Waals surface area contributed by atoms with Crippen LogP contribution in [0.3, 0.4) is 0 Å². The highest BCUT2D eigenvalue weighted by Crippen LogP contribution is 2.23. The van der Waals surface area contributed by atoms with Crippen LogP contribution in [0.4, 0.5) is 4.79 Å². The summed E-state index contributed by atoms with van der Waals surface area (Å²) in [4.78, 5) is 25.3. The van der Waals surface area contributed by atoms with Crippen molar-refractivity contribution < 1.29 is 24.2 Å². The molecule has 0 saturated carbocycles. The predicted molar refractivity (Wildman–Crippen MR) is 102 cm³/mol. The first kappa shape index (κ1) is 21.2. The fourth-order valence-corrected chi connectivity index (χ4v) is 3.34. The second kappa shape index (κ2) is 11.6. The monoisotopic (exact) mass is 377 g/mol. The highest BCUT2D eigenvalue weighted by atomic mass is 16.6. The van der Waals surface area contributed by atoms with Crippen LogP contribution >= 0.6 is 0 Å². The second-order valence-corrected chi connectivity index (χ2v) is 7.02. The number of carbonyl (C=O) groups excluding carboxylic acids is 2. The SMILES string of the molecule is CCOC(=O)[C@H](O)CCCCC1CCN(C(=O)OCc2ccccc2)CC1. The molecule has 1 fully saturated rings. The Morgan fingerprint density at radius 2 is 1.85 bits per heavy atom. The first-order chi connectivity index (χ1) is 13.1. The van der Waals surface area contributed by atoms with E-state index in [2.05, 4.69) is 0 Å². The first-order valence-electron chi connectivity index (χ1n) is 9.90. The zero-order chi connectivity index (χ0) is 19.5. The fourth-order valence-electron chi connectivity index (χ4n) is 3.34. The van der Waals surface area contributed by atoms with Crippen LogP contribution in [0.2, 0.25) is 0 Å². The third-order valence-corrected chi connectivity index (χ3v) is 4.98. The minimum absolute atomic E-state index is 0.241. The predicted octanol–water partition coefficient (Wildman–Crippen LogP) is 3.52. The van der Waals surface area contributed by atoms with Crippen molar-refractivity contribution in [3.05, 3.63) is 35.9 Å². The number of benzene rings is 1. The zero-order valence-corrected chi connectivity index (χ0v) is 16.1. The van der Waals surface area contributed by atoms with Gasteiger partial charge in [0.2, 0.25) is 0 Å². The van der Waals surface area contributed by atoms with Crippen LogP contribution < -0.4 is 0 Å². The molecule has 6 heteroatoms. The molecule has 0 unspecified atom stereocenters. The summed E-state index contributed by atoms with van der Waals surface area (Å²) in [5, 5.41) is 9.68. The maximum Gasteiger partial charge on any atom is 0.410 e. The molecule has 150 valence electrons. The summed E-state index contributed by atoms with van der Waals surface area (Å²) in [5.41, 5.74) is 0.991. The van der Waals surface area contributed by atoms with Crippen LogP contribution in [0.1, 0.15) is 51.0 Å². The number of amides is 1. The number of carbonyl (C=O) groups is 2. The molecule has 1 amide bonds. The largest absolute Gasteiger partial charge is 0.464 e. The average molecular weight is 377 g/mol. The Morgan fingerprint density at radius 1 is 1.15 bits per heavy atom. The highest BCUT2D eigenvalue weighted by Gasteiger charge is 2.23. The van der Waals surface area contributed by atoms with Crippen LogP contribution in [0, 0.1) is 5.92 Å². The van der Waals surface area contributed by atoms with Crippen LogP contribution in [0.15, 0.2) is 30.3 Å². The topological polar surface area (TPSA) is 76.1 Å². The number of nitrogens with zero attached hydrogens (tertiary/aromatic N) is 1. The number of aliphatic hydroxyl groups excluding tert-OH is 1. The van der Waals surface area contributed by atoms with Gasteiger partial charge in [0.05, 0.1) is 6.61 Å². The van der Waals surface area contributed by atoms with Gasteiger partial charge in [-0.2, -0.15) is 0 Å². The Morgan fingerprint density at radius 3 is 2.52 bits per heavy atom. The lowest BCUT2D eigenvalue weighted by Gasteiger charge is -2.31. The summed E-state index contributed by atoms with van der Waals surface area (Å²) in [6, 6.07) is 9.69. The van der Waals surface area contributed by atoms with Crippen molar-refractivity contribution in [2.45, 2.75) is 58.2 Å². The molecule has 1 atom stereocenters. The zero-order valence-electron chi connectivity index (χ0n) is 16.1. The number of esters is 1. The van der Waals surface area contributed by atoms with Crippen molar-refractivity contribution in [3.63, 3.8) is 0 Å². The number of likely N-dealkylation sites (tertiary alicyclic amines) is 1. The third kappa shape index (κ3) is 7.59. The molecule has 0 bridgehead atoms. The van der Waals surface area contributed by atoms with Crippen molar-refractivity contribution in [1.29, 1.82) is 0 Å². The Kier molecular flexibility index (Phi) is 9.11. The van der Waals surface area contributed by atoms with Crippen LogP contribution in [-0.2, 0) is 20.9 Å². The molecule has 1 heterocycles. The Balaban J connectivity index is 1.57. The number of unbranched alkanes of at least 4 members (excludes halogenated alkanes) is 1. The van der Waals surface area contributed by atoms with E-state index in [1.54, 1.807) is 11.8 Å². The standard InChI is InChI=1S/C21H31NO5/c1-2-26-20(24)19(23)11-7-6-8-17-12-14-22(15-13-17)21(25)27-16-18-9-4-3-5-10-18/h3-5,9-10,17,19,23H,2,6-8,11-16H2,1H3/t19-/m1/s1. The van der Waals surface area contributed by atoms with Gasteiger partial charge in [0.15, 0.2) is 6.10 Å².